The molecule has 5 heteroatoms. The van der Waals surface area contributed by atoms with Gasteiger partial charge in [-0.3, -0.25) is 0 Å². The van der Waals surface area contributed by atoms with Gasteiger partial charge < -0.3 is 14.2 Å². The summed E-state index contributed by atoms with van der Waals surface area (Å²) in [5.74, 6) is 0.840. The van der Waals surface area contributed by atoms with E-state index < -0.39 is 11.6 Å². The molecule has 0 fully saturated rings. The lowest BCUT2D eigenvalue weighted by Crippen LogP contribution is -2.22. The lowest BCUT2D eigenvalue weighted by atomic mass is 10.1. The highest BCUT2D eigenvalue weighted by atomic mass is 79.9. The molecule has 0 heterocycles. The van der Waals surface area contributed by atoms with Gasteiger partial charge in [0.25, 0.3) is 0 Å². The summed E-state index contributed by atoms with van der Waals surface area (Å²) in [7, 11) is 1.58. The average Bonchev–Trinajstić information content (AvgIpc) is 2.58. The number of methoxy groups -OCH3 is 1. The summed E-state index contributed by atoms with van der Waals surface area (Å²) in [5.41, 5.74) is 1.19. The Morgan fingerprint density at radius 1 is 1.08 bits per heavy atom. The molecular weight excluding hydrogens is 396 g/mol. The van der Waals surface area contributed by atoms with E-state index in [1.54, 1.807) is 13.2 Å². The zero-order chi connectivity index (χ0) is 19.2. The minimum atomic E-state index is -0.539. The molecule has 0 unspecified atom stereocenters. The van der Waals surface area contributed by atoms with Gasteiger partial charge in [-0.1, -0.05) is 34.1 Å². The van der Waals surface area contributed by atoms with Crippen LogP contribution in [-0.2, 0) is 16.1 Å². The van der Waals surface area contributed by atoms with Gasteiger partial charge >= 0.3 is 5.97 Å². The molecule has 4 nitrogen and oxygen atoms in total. The fourth-order valence-electron chi connectivity index (χ4n) is 2.22. The first-order valence-corrected chi connectivity index (χ1v) is 9.03. The summed E-state index contributed by atoms with van der Waals surface area (Å²) in [4.78, 5) is 12.0. The van der Waals surface area contributed by atoms with Crippen LogP contribution in [0.25, 0.3) is 6.08 Å². The normalized spacial score (nSPS) is 11.4. The fraction of sp³-hybridized carbons (Fsp3) is 0.286. The van der Waals surface area contributed by atoms with Crippen LogP contribution >= 0.6 is 15.9 Å². The lowest BCUT2D eigenvalue weighted by Gasteiger charge is -2.18. The van der Waals surface area contributed by atoms with E-state index in [9.17, 15) is 4.79 Å². The number of carbonyl (C=O) groups excluding carboxylic acids is 1. The van der Waals surface area contributed by atoms with E-state index in [1.165, 1.54) is 6.08 Å². The molecule has 2 aromatic carbocycles. The minimum Gasteiger partial charge on any atom is -0.496 e. The van der Waals surface area contributed by atoms with Crippen molar-refractivity contribution in [1.82, 2.24) is 0 Å². The SMILES string of the molecule is COc1cccc(OCc2ccc(Br)cc2)c1/C=C/C(=O)OC(C)(C)C. The number of carbonyl (C=O) groups is 1. The Morgan fingerprint density at radius 3 is 2.35 bits per heavy atom. The molecule has 26 heavy (non-hydrogen) atoms. The first-order valence-electron chi connectivity index (χ1n) is 8.24. The first kappa shape index (κ1) is 20.0. The van der Waals surface area contributed by atoms with Gasteiger partial charge in [-0.2, -0.15) is 0 Å². The zero-order valence-electron chi connectivity index (χ0n) is 15.4. The van der Waals surface area contributed by atoms with Gasteiger partial charge in [-0.15, -0.1) is 0 Å². The Labute approximate surface area is 162 Å². The van der Waals surface area contributed by atoms with Crippen molar-refractivity contribution in [2.24, 2.45) is 0 Å². The topological polar surface area (TPSA) is 44.8 Å². The third-order valence-electron chi connectivity index (χ3n) is 3.35. The molecule has 0 N–H and O–H groups in total. The molecule has 0 aliphatic heterocycles. The molecule has 0 aliphatic rings. The van der Waals surface area contributed by atoms with Crippen LogP contribution < -0.4 is 9.47 Å². The van der Waals surface area contributed by atoms with Crippen LogP contribution in [0.1, 0.15) is 31.9 Å². The first-order chi connectivity index (χ1) is 12.3. The maximum Gasteiger partial charge on any atom is 0.331 e. The van der Waals surface area contributed by atoms with Gasteiger partial charge in [0.2, 0.25) is 0 Å². The quantitative estimate of drug-likeness (QED) is 0.465. The summed E-state index contributed by atoms with van der Waals surface area (Å²) in [6.45, 7) is 5.89. The third kappa shape index (κ3) is 6.23. The highest BCUT2D eigenvalue weighted by Gasteiger charge is 2.15. The van der Waals surface area contributed by atoms with Gasteiger partial charge in [0.05, 0.1) is 12.7 Å². The van der Waals surface area contributed by atoms with Crippen molar-refractivity contribution in [2.75, 3.05) is 7.11 Å². The molecule has 0 bridgehead atoms. The van der Waals surface area contributed by atoms with Crippen LogP contribution in [0.2, 0.25) is 0 Å². The summed E-state index contributed by atoms with van der Waals surface area (Å²) in [6.07, 6.45) is 3.04. The molecule has 0 aliphatic carbocycles. The minimum absolute atomic E-state index is 0.410. The fourth-order valence-corrected chi connectivity index (χ4v) is 2.49. The molecule has 0 aromatic heterocycles. The molecule has 0 radical (unpaired) electrons. The van der Waals surface area contributed by atoms with E-state index in [0.717, 1.165) is 10.0 Å². The Balaban J connectivity index is 2.18. The molecule has 0 spiro atoms. The number of ether oxygens (including phenoxy) is 3. The highest BCUT2D eigenvalue weighted by Crippen LogP contribution is 2.30. The van der Waals surface area contributed by atoms with E-state index in [0.29, 0.717) is 23.7 Å². The van der Waals surface area contributed by atoms with Gasteiger partial charge in [-0.05, 0) is 56.7 Å². The Bertz CT molecular complexity index is 774. The molecule has 2 aromatic rings. The maximum absolute atomic E-state index is 12.0. The van der Waals surface area contributed by atoms with Crippen LogP contribution in [-0.4, -0.2) is 18.7 Å². The molecule has 0 atom stereocenters. The van der Waals surface area contributed by atoms with Crippen LogP contribution in [0.3, 0.4) is 0 Å². The largest absolute Gasteiger partial charge is 0.496 e. The van der Waals surface area contributed by atoms with Crippen molar-refractivity contribution in [3.8, 4) is 11.5 Å². The smallest absolute Gasteiger partial charge is 0.331 e. The molecule has 0 saturated carbocycles. The van der Waals surface area contributed by atoms with E-state index in [1.807, 2.05) is 63.2 Å². The number of hydrogen-bond acceptors (Lipinski definition) is 4. The van der Waals surface area contributed by atoms with Crippen molar-refractivity contribution in [3.63, 3.8) is 0 Å². The predicted molar refractivity (Wildman–Crippen MR) is 106 cm³/mol. The predicted octanol–water partition coefficient (Wildman–Crippen LogP) is 5.39. The zero-order valence-corrected chi connectivity index (χ0v) is 17.0. The van der Waals surface area contributed by atoms with E-state index in [-0.39, 0.29) is 0 Å². The lowest BCUT2D eigenvalue weighted by molar-refractivity contribution is -0.148. The number of hydrogen-bond donors (Lipinski definition) is 0. The average molecular weight is 419 g/mol. The van der Waals surface area contributed by atoms with E-state index in [4.69, 9.17) is 14.2 Å². The molecule has 0 saturated heterocycles. The van der Waals surface area contributed by atoms with Gasteiger partial charge in [-0.25, -0.2) is 4.79 Å². The van der Waals surface area contributed by atoms with Gasteiger partial charge in [0, 0.05) is 10.5 Å². The van der Waals surface area contributed by atoms with Gasteiger partial charge in [0.15, 0.2) is 0 Å². The summed E-state index contributed by atoms with van der Waals surface area (Å²) >= 11 is 3.42. The van der Waals surface area contributed by atoms with Crippen molar-refractivity contribution in [3.05, 3.63) is 64.1 Å². The summed E-state index contributed by atoms with van der Waals surface area (Å²) in [6, 6.07) is 13.4. The van der Waals surface area contributed by atoms with Gasteiger partial charge in [0.1, 0.15) is 23.7 Å². The van der Waals surface area contributed by atoms with E-state index >= 15 is 0 Å². The molecule has 138 valence electrons. The number of halogens is 1. The Morgan fingerprint density at radius 2 is 1.73 bits per heavy atom. The number of benzene rings is 2. The maximum atomic E-state index is 12.0. The van der Waals surface area contributed by atoms with Crippen LogP contribution in [0.15, 0.2) is 53.0 Å². The van der Waals surface area contributed by atoms with Crippen molar-refractivity contribution >= 4 is 28.0 Å². The second-order valence-corrected chi connectivity index (χ2v) is 7.57. The second-order valence-electron chi connectivity index (χ2n) is 6.65. The Hall–Kier alpha value is -2.27. The van der Waals surface area contributed by atoms with Crippen LogP contribution in [0, 0.1) is 0 Å². The number of esters is 1. The molecule has 2 rings (SSSR count). The van der Waals surface area contributed by atoms with Crippen molar-refractivity contribution < 1.29 is 19.0 Å². The summed E-state index contributed by atoms with van der Waals surface area (Å²) < 4.78 is 17.7. The summed E-state index contributed by atoms with van der Waals surface area (Å²) in [5, 5.41) is 0. The third-order valence-corrected chi connectivity index (χ3v) is 3.88. The van der Waals surface area contributed by atoms with Crippen molar-refractivity contribution in [2.45, 2.75) is 33.0 Å². The van der Waals surface area contributed by atoms with E-state index in [2.05, 4.69) is 15.9 Å². The molecule has 0 amide bonds. The van der Waals surface area contributed by atoms with Crippen LogP contribution in [0.4, 0.5) is 0 Å². The highest BCUT2D eigenvalue weighted by molar-refractivity contribution is 9.10. The Kier molecular flexibility index (Phi) is 6.86. The monoisotopic (exact) mass is 418 g/mol. The van der Waals surface area contributed by atoms with Crippen LogP contribution in [0.5, 0.6) is 11.5 Å². The van der Waals surface area contributed by atoms with Crippen molar-refractivity contribution in [1.29, 1.82) is 0 Å². The molecular formula is C21H23BrO4. The second kappa shape index (κ2) is 8.90. The standard InChI is InChI=1S/C21H23BrO4/c1-21(2,3)26-20(23)13-12-17-18(24-4)6-5-7-19(17)25-14-15-8-10-16(22)11-9-15/h5-13H,14H2,1-4H3/b13-12+. The number of rotatable bonds is 6.